The van der Waals surface area contributed by atoms with E-state index in [1.54, 1.807) is 6.92 Å². The Hall–Kier alpha value is -1.32. The molecule has 0 fully saturated rings. The van der Waals surface area contributed by atoms with Crippen LogP contribution in [0.5, 0.6) is 0 Å². The fourth-order valence-electron chi connectivity index (χ4n) is 0.661. The first kappa shape index (κ1) is 7.78. The first-order chi connectivity index (χ1) is 5.24. The van der Waals surface area contributed by atoms with Gasteiger partial charge < -0.3 is 9.47 Å². The third kappa shape index (κ3) is 1.80. The molecule has 0 saturated carbocycles. The highest BCUT2D eigenvalue weighted by atomic mass is 16.6. The van der Waals surface area contributed by atoms with Gasteiger partial charge in [-0.3, -0.25) is 0 Å². The van der Waals surface area contributed by atoms with Crippen LogP contribution in [0, 0.1) is 0 Å². The molecule has 0 amide bonds. The maximum atomic E-state index is 10.8. The largest absolute Gasteiger partial charge is 0.499 e. The van der Waals surface area contributed by atoms with Crippen molar-refractivity contribution in [2.24, 2.45) is 4.99 Å². The SMILES string of the molecule is CCO/C=C1/N=C(C)OC1=O. The molecule has 0 unspecified atom stereocenters. The highest BCUT2D eigenvalue weighted by Gasteiger charge is 2.19. The van der Waals surface area contributed by atoms with Crippen LogP contribution in [0.4, 0.5) is 0 Å². The lowest BCUT2D eigenvalue weighted by atomic mass is 10.5. The lowest BCUT2D eigenvalue weighted by Crippen LogP contribution is -2.00. The first-order valence-electron chi connectivity index (χ1n) is 3.33. The molecule has 4 heteroatoms. The van der Waals surface area contributed by atoms with Gasteiger partial charge in [-0.05, 0) is 6.92 Å². The number of aliphatic imine (C=N–C) groups is 1. The second-order valence-electron chi connectivity index (χ2n) is 1.98. The number of esters is 1. The average molecular weight is 155 g/mol. The summed E-state index contributed by atoms with van der Waals surface area (Å²) in [6, 6.07) is 0. The molecule has 0 saturated heterocycles. The molecule has 1 aliphatic heterocycles. The van der Waals surface area contributed by atoms with Crippen molar-refractivity contribution in [2.45, 2.75) is 13.8 Å². The van der Waals surface area contributed by atoms with E-state index in [9.17, 15) is 4.79 Å². The van der Waals surface area contributed by atoms with E-state index in [1.165, 1.54) is 6.26 Å². The summed E-state index contributed by atoms with van der Waals surface area (Å²) in [4.78, 5) is 14.6. The Kier molecular flexibility index (Phi) is 2.25. The van der Waals surface area contributed by atoms with Crippen molar-refractivity contribution in [3.05, 3.63) is 12.0 Å². The summed E-state index contributed by atoms with van der Waals surface area (Å²) in [5.41, 5.74) is 0.226. The molecule has 0 aliphatic carbocycles. The Morgan fingerprint density at radius 1 is 1.73 bits per heavy atom. The summed E-state index contributed by atoms with van der Waals surface area (Å²) in [5, 5.41) is 0. The molecule has 0 aromatic carbocycles. The maximum Gasteiger partial charge on any atom is 0.366 e. The summed E-state index contributed by atoms with van der Waals surface area (Å²) in [7, 11) is 0. The minimum absolute atomic E-state index is 0.226. The molecule has 11 heavy (non-hydrogen) atoms. The van der Waals surface area contributed by atoms with Gasteiger partial charge in [0.15, 0.2) is 11.6 Å². The zero-order valence-corrected chi connectivity index (χ0v) is 6.46. The van der Waals surface area contributed by atoms with E-state index in [2.05, 4.69) is 9.73 Å². The lowest BCUT2D eigenvalue weighted by molar-refractivity contribution is -0.130. The number of carbonyl (C=O) groups is 1. The second-order valence-corrected chi connectivity index (χ2v) is 1.98. The summed E-state index contributed by atoms with van der Waals surface area (Å²) in [6.45, 7) is 3.96. The summed E-state index contributed by atoms with van der Waals surface area (Å²) >= 11 is 0. The number of carbonyl (C=O) groups excluding carboxylic acids is 1. The van der Waals surface area contributed by atoms with Gasteiger partial charge in [0.25, 0.3) is 0 Å². The fourth-order valence-corrected chi connectivity index (χ4v) is 0.661. The number of rotatable bonds is 2. The third-order valence-electron chi connectivity index (χ3n) is 1.09. The molecule has 0 bridgehead atoms. The van der Waals surface area contributed by atoms with Crippen molar-refractivity contribution in [1.29, 1.82) is 0 Å². The van der Waals surface area contributed by atoms with Crippen LogP contribution >= 0.6 is 0 Å². The van der Waals surface area contributed by atoms with Gasteiger partial charge in [0, 0.05) is 6.92 Å². The predicted octanol–water partition coefficient (Wildman–Crippen LogP) is 0.839. The molecule has 1 rings (SSSR count). The molecule has 0 N–H and O–H groups in total. The van der Waals surface area contributed by atoms with Crippen LogP contribution in [0.1, 0.15) is 13.8 Å². The van der Waals surface area contributed by atoms with Crippen LogP contribution < -0.4 is 0 Å². The quantitative estimate of drug-likeness (QED) is 0.337. The van der Waals surface area contributed by atoms with Crippen molar-refractivity contribution in [3.8, 4) is 0 Å². The maximum absolute atomic E-state index is 10.8. The third-order valence-corrected chi connectivity index (χ3v) is 1.09. The predicted molar refractivity (Wildman–Crippen MR) is 38.9 cm³/mol. The van der Waals surface area contributed by atoms with Crippen molar-refractivity contribution in [2.75, 3.05) is 6.61 Å². The van der Waals surface area contributed by atoms with E-state index in [0.717, 1.165) is 0 Å². The molecule has 4 nitrogen and oxygen atoms in total. The van der Waals surface area contributed by atoms with Gasteiger partial charge in [-0.25, -0.2) is 9.79 Å². The van der Waals surface area contributed by atoms with Crippen molar-refractivity contribution < 1.29 is 14.3 Å². The number of ether oxygens (including phenoxy) is 2. The van der Waals surface area contributed by atoms with Gasteiger partial charge in [0.1, 0.15) is 6.26 Å². The summed E-state index contributed by atoms with van der Waals surface area (Å²) in [5.74, 6) is -0.0862. The van der Waals surface area contributed by atoms with E-state index in [1.807, 2.05) is 6.92 Å². The highest BCUT2D eigenvalue weighted by molar-refractivity contribution is 6.03. The van der Waals surface area contributed by atoms with E-state index >= 15 is 0 Å². The second kappa shape index (κ2) is 3.18. The van der Waals surface area contributed by atoms with Crippen LogP contribution in [0.15, 0.2) is 17.0 Å². The van der Waals surface area contributed by atoms with Gasteiger partial charge in [-0.1, -0.05) is 0 Å². The Morgan fingerprint density at radius 3 is 2.91 bits per heavy atom. The molecule has 0 atom stereocenters. The van der Waals surface area contributed by atoms with E-state index in [0.29, 0.717) is 12.5 Å². The monoisotopic (exact) mass is 155 g/mol. The number of nitrogens with zero attached hydrogens (tertiary/aromatic N) is 1. The topological polar surface area (TPSA) is 47.9 Å². The van der Waals surface area contributed by atoms with Gasteiger partial charge in [-0.15, -0.1) is 0 Å². The molecular weight excluding hydrogens is 146 g/mol. The van der Waals surface area contributed by atoms with E-state index < -0.39 is 5.97 Å². The zero-order chi connectivity index (χ0) is 8.27. The standard InChI is InChI=1S/C7H9NO3/c1-3-10-4-6-7(9)11-5(2)8-6/h4H,3H2,1-2H3/b6-4+. The lowest BCUT2D eigenvalue weighted by Gasteiger charge is -1.92. The summed E-state index contributed by atoms with van der Waals surface area (Å²) in [6.07, 6.45) is 1.30. The molecule has 0 aromatic heterocycles. The normalized spacial score (nSPS) is 20.0. The van der Waals surface area contributed by atoms with Gasteiger partial charge in [0.2, 0.25) is 0 Å². The number of cyclic esters (lactones) is 1. The Labute approximate surface area is 64.5 Å². The molecule has 1 heterocycles. The van der Waals surface area contributed by atoms with Gasteiger partial charge in [-0.2, -0.15) is 0 Å². The smallest absolute Gasteiger partial charge is 0.366 e. The van der Waals surface area contributed by atoms with Gasteiger partial charge in [0.05, 0.1) is 6.61 Å². The number of hydrogen-bond donors (Lipinski definition) is 0. The highest BCUT2D eigenvalue weighted by Crippen LogP contribution is 2.09. The molecule has 0 radical (unpaired) electrons. The van der Waals surface area contributed by atoms with Crippen molar-refractivity contribution in [1.82, 2.24) is 0 Å². The van der Waals surface area contributed by atoms with Crippen LogP contribution in [0.2, 0.25) is 0 Å². The van der Waals surface area contributed by atoms with E-state index in [-0.39, 0.29) is 5.70 Å². The van der Waals surface area contributed by atoms with Crippen LogP contribution in [-0.4, -0.2) is 18.5 Å². The average Bonchev–Trinajstić information content (AvgIpc) is 2.26. The Bertz CT molecular complexity index is 230. The van der Waals surface area contributed by atoms with Crippen LogP contribution in [0.3, 0.4) is 0 Å². The van der Waals surface area contributed by atoms with Crippen molar-refractivity contribution >= 4 is 11.9 Å². The van der Waals surface area contributed by atoms with Gasteiger partial charge >= 0.3 is 5.97 Å². The zero-order valence-electron chi connectivity index (χ0n) is 6.46. The molecule has 1 aliphatic rings. The molecular formula is C7H9NO3. The first-order valence-corrected chi connectivity index (χ1v) is 3.33. The van der Waals surface area contributed by atoms with Crippen LogP contribution in [0.25, 0.3) is 0 Å². The molecule has 60 valence electrons. The Morgan fingerprint density at radius 2 is 2.45 bits per heavy atom. The fraction of sp³-hybridized carbons (Fsp3) is 0.429. The van der Waals surface area contributed by atoms with E-state index in [4.69, 9.17) is 4.74 Å². The molecule has 0 aromatic rings. The number of hydrogen-bond acceptors (Lipinski definition) is 4. The van der Waals surface area contributed by atoms with Crippen LogP contribution in [-0.2, 0) is 14.3 Å². The molecule has 0 spiro atoms. The summed E-state index contributed by atoms with van der Waals surface area (Å²) < 4.78 is 9.50. The minimum Gasteiger partial charge on any atom is -0.499 e. The minimum atomic E-state index is -0.448. The Balaban J connectivity index is 2.65. The van der Waals surface area contributed by atoms with Crippen molar-refractivity contribution in [3.63, 3.8) is 0 Å².